The van der Waals surface area contributed by atoms with Crippen molar-refractivity contribution in [1.29, 1.82) is 0 Å². The number of benzene rings is 2. The first-order valence-electron chi connectivity index (χ1n) is 6.70. The van der Waals surface area contributed by atoms with Crippen LogP contribution in [0, 0.1) is 6.92 Å². The minimum Gasteiger partial charge on any atom is -0.388 e. The van der Waals surface area contributed by atoms with E-state index in [-0.39, 0.29) is 11.5 Å². The molecule has 3 aromatic rings. The van der Waals surface area contributed by atoms with Crippen molar-refractivity contribution in [3.63, 3.8) is 0 Å². The molecule has 1 aromatic heterocycles. The molecule has 2 aromatic carbocycles. The predicted octanol–water partition coefficient (Wildman–Crippen LogP) is 4.26. The number of hydrogen-bond donors (Lipinski definition) is 1. The molecule has 0 amide bonds. The molecule has 1 N–H and O–H groups in total. The van der Waals surface area contributed by atoms with Crippen molar-refractivity contribution in [2.45, 2.75) is 13.1 Å². The Morgan fingerprint density at radius 3 is 2.52 bits per heavy atom. The van der Waals surface area contributed by atoms with Crippen LogP contribution in [0.25, 0.3) is 10.9 Å². The zero-order chi connectivity index (χ0) is 16.6. The number of nitrogens with one attached hydrogen (secondary N) is 1. The van der Waals surface area contributed by atoms with E-state index in [1.165, 1.54) is 12.1 Å². The summed E-state index contributed by atoms with van der Waals surface area (Å²) in [6, 6.07) is 10.4. The highest BCUT2D eigenvalue weighted by Gasteiger charge is 2.34. The number of halogens is 3. The smallest absolute Gasteiger partial charge is 0.388 e. The van der Waals surface area contributed by atoms with Gasteiger partial charge in [-0.15, -0.1) is 0 Å². The third kappa shape index (κ3) is 2.90. The lowest BCUT2D eigenvalue weighted by Crippen LogP contribution is -2.13. The summed E-state index contributed by atoms with van der Waals surface area (Å²) in [6.07, 6.45) is -4.65. The third-order valence-corrected chi connectivity index (χ3v) is 3.35. The number of fused-ring (bicyclic) bond motifs is 1. The van der Waals surface area contributed by atoms with Gasteiger partial charge in [0.1, 0.15) is 0 Å². The number of aromatic nitrogens is 1. The maximum Gasteiger partial charge on any atom is 0.417 e. The highest BCUT2D eigenvalue weighted by Crippen LogP contribution is 2.33. The first-order chi connectivity index (χ1) is 10.9. The molecule has 0 aliphatic rings. The van der Waals surface area contributed by atoms with Gasteiger partial charge < -0.3 is 9.73 Å². The van der Waals surface area contributed by atoms with Gasteiger partial charge >= 0.3 is 17.8 Å². The lowest BCUT2D eigenvalue weighted by Gasteiger charge is -2.10. The summed E-state index contributed by atoms with van der Waals surface area (Å²) in [5, 5.41) is 2.23. The van der Waals surface area contributed by atoms with Crippen LogP contribution in [0.1, 0.15) is 11.1 Å². The summed E-state index contributed by atoms with van der Waals surface area (Å²) in [4.78, 5) is 16.0. The van der Waals surface area contributed by atoms with Gasteiger partial charge in [0.15, 0.2) is 0 Å². The Balaban J connectivity index is 2.13. The van der Waals surface area contributed by atoms with Crippen LogP contribution < -0.4 is 10.9 Å². The maximum atomic E-state index is 13.0. The van der Waals surface area contributed by atoms with Gasteiger partial charge in [0.25, 0.3) is 0 Å². The molecule has 23 heavy (non-hydrogen) atoms. The fraction of sp³-hybridized carbons (Fsp3) is 0.125. The molecule has 118 valence electrons. The highest BCUT2D eigenvalue weighted by atomic mass is 19.4. The minimum absolute atomic E-state index is 0.0767. The average molecular weight is 320 g/mol. The molecule has 0 atom stereocenters. The van der Waals surface area contributed by atoms with E-state index in [0.717, 1.165) is 11.6 Å². The zero-order valence-electron chi connectivity index (χ0n) is 11.9. The third-order valence-electron chi connectivity index (χ3n) is 3.35. The van der Waals surface area contributed by atoms with Gasteiger partial charge in [0.05, 0.1) is 16.5 Å². The van der Waals surface area contributed by atoms with Crippen LogP contribution in [0.4, 0.5) is 24.9 Å². The van der Waals surface area contributed by atoms with E-state index >= 15 is 0 Å². The number of nitrogens with zero attached hydrogens (tertiary/aromatic N) is 1. The molecule has 3 rings (SSSR count). The summed E-state index contributed by atoms with van der Waals surface area (Å²) in [6.45, 7) is 1.84. The molecular weight excluding hydrogens is 309 g/mol. The SMILES string of the molecule is Cc1ccccc1Nc1nc2cccc(C(F)(F)F)c2c(=O)o1. The Bertz CT molecular complexity index is 932. The van der Waals surface area contributed by atoms with Crippen molar-refractivity contribution in [2.24, 2.45) is 0 Å². The van der Waals surface area contributed by atoms with E-state index in [0.29, 0.717) is 5.69 Å². The fourth-order valence-corrected chi connectivity index (χ4v) is 2.24. The lowest BCUT2D eigenvalue weighted by atomic mass is 10.1. The van der Waals surface area contributed by atoms with E-state index in [4.69, 9.17) is 4.42 Å². The molecule has 0 saturated heterocycles. The van der Waals surface area contributed by atoms with E-state index in [1.54, 1.807) is 12.1 Å². The molecule has 0 spiro atoms. The first kappa shape index (κ1) is 15.1. The summed E-state index contributed by atoms with van der Waals surface area (Å²) < 4.78 is 43.8. The van der Waals surface area contributed by atoms with Gasteiger partial charge in [0.2, 0.25) is 0 Å². The minimum atomic E-state index is -4.65. The summed E-state index contributed by atoms with van der Waals surface area (Å²) >= 11 is 0. The molecule has 0 radical (unpaired) electrons. The number of para-hydroxylation sites is 1. The van der Waals surface area contributed by atoms with E-state index in [1.807, 2.05) is 19.1 Å². The first-order valence-corrected chi connectivity index (χ1v) is 6.70. The van der Waals surface area contributed by atoms with E-state index in [2.05, 4.69) is 10.3 Å². The van der Waals surface area contributed by atoms with Gasteiger partial charge in [-0.3, -0.25) is 0 Å². The van der Waals surface area contributed by atoms with Gasteiger partial charge in [-0.05, 0) is 30.7 Å². The topological polar surface area (TPSA) is 55.1 Å². The second kappa shape index (κ2) is 5.42. The second-order valence-corrected chi connectivity index (χ2v) is 4.94. The fourth-order valence-electron chi connectivity index (χ4n) is 2.24. The van der Waals surface area contributed by atoms with Crippen LogP contribution in [0.5, 0.6) is 0 Å². The zero-order valence-corrected chi connectivity index (χ0v) is 11.9. The van der Waals surface area contributed by atoms with Gasteiger partial charge in [-0.25, -0.2) is 4.79 Å². The van der Waals surface area contributed by atoms with Gasteiger partial charge in [-0.1, -0.05) is 24.3 Å². The Morgan fingerprint density at radius 1 is 1.09 bits per heavy atom. The largest absolute Gasteiger partial charge is 0.417 e. The summed E-state index contributed by atoms with van der Waals surface area (Å²) in [7, 11) is 0. The Hall–Kier alpha value is -2.83. The van der Waals surface area contributed by atoms with Gasteiger partial charge in [-0.2, -0.15) is 18.2 Å². The van der Waals surface area contributed by atoms with Crippen LogP contribution in [0.2, 0.25) is 0 Å². The highest BCUT2D eigenvalue weighted by molar-refractivity contribution is 5.82. The molecule has 0 unspecified atom stereocenters. The molecule has 0 saturated carbocycles. The van der Waals surface area contributed by atoms with E-state index in [9.17, 15) is 18.0 Å². The molecule has 7 heteroatoms. The van der Waals surface area contributed by atoms with E-state index < -0.39 is 22.8 Å². The average Bonchev–Trinajstić information content (AvgIpc) is 2.48. The molecule has 1 heterocycles. The molecule has 0 aliphatic carbocycles. The number of hydrogen-bond acceptors (Lipinski definition) is 4. The van der Waals surface area contributed by atoms with Crippen LogP contribution >= 0.6 is 0 Å². The predicted molar refractivity (Wildman–Crippen MR) is 79.7 cm³/mol. The van der Waals surface area contributed by atoms with Crippen molar-refractivity contribution in [2.75, 3.05) is 5.32 Å². The van der Waals surface area contributed by atoms with Crippen molar-refractivity contribution in [3.05, 3.63) is 64.0 Å². The summed E-state index contributed by atoms with van der Waals surface area (Å²) in [5.74, 6) is 0. The summed E-state index contributed by atoms with van der Waals surface area (Å²) in [5.41, 5.74) is -0.694. The van der Waals surface area contributed by atoms with Crippen molar-refractivity contribution in [1.82, 2.24) is 4.98 Å². The quantitative estimate of drug-likeness (QED) is 0.766. The van der Waals surface area contributed by atoms with Crippen molar-refractivity contribution in [3.8, 4) is 0 Å². The van der Waals surface area contributed by atoms with Crippen molar-refractivity contribution < 1.29 is 17.6 Å². The van der Waals surface area contributed by atoms with Crippen LogP contribution in [0.15, 0.2) is 51.7 Å². The molecule has 0 fully saturated rings. The van der Waals surface area contributed by atoms with Gasteiger partial charge in [0, 0.05) is 5.69 Å². The maximum absolute atomic E-state index is 13.0. The molecule has 4 nitrogen and oxygen atoms in total. The van der Waals surface area contributed by atoms with Crippen LogP contribution in [-0.2, 0) is 6.18 Å². The standard InChI is InChI=1S/C16H11F3N2O2/c1-9-5-2-3-7-11(9)20-15-21-12-8-4-6-10(16(17,18)19)13(12)14(22)23-15/h2-8H,1H3,(H,20,21). The molecule has 0 bridgehead atoms. The molecule has 0 aliphatic heterocycles. The number of anilines is 2. The monoisotopic (exact) mass is 320 g/mol. The number of alkyl halides is 3. The van der Waals surface area contributed by atoms with Crippen LogP contribution in [0.3, 0.4) is 0 Å². The Kier molecular flexibility index (Phi) is 3.55. The Morgan fingerprint density at radius 2 is 1.83 bits per heavy atom. The lowest BCUT2D eigenvalue weighted by molar-refractivity contribution is -0.136. The second-order valence-electron chi connectivity index (χ2n) is 4.94. The normalized spacial score (nSPS) is 11.7. The number of rotatable bonds is 2. The van der Waals surface area contributed by atoms with Crippen LogP contribution in [-0.4, -0.2) is 4.98 Å². The number of aryl methyl sites for hydroxylation is 1. The molecular formula is C16H11F3N2O2. The van der Waals surface area contributed by atoms with Crippen molar-refractivity contribution >= 4 is 22.6 Å². The Labute approximate surface area is 128 Å².